The number of anilines is 1. The fourth-order valence-corrected chi connectivity index (χ4v) is 3.70. The van der Waals surface area contributed by atoms with Crippen molar-refractivity contribution in [2.24, 2.45) is 5.92 Å². The number of hydrogen-bond acceptors (Lipinski definition) is 4. The number of rotatable bonds is 4. The lowest BCUT2D eigenvalue weighted by molar-refractivity contribution is -0.130. The molecule has 3 rings (SSSR count). The van der Waals surface area contributed by atoms with Crippen LogP contribution in [-0.4, -0.2) is 61.1 Å². The van der Waals surface area contributed by atoms with Crippen molar-refractivity contribution in [3.8, 4) is 0 Å². The minimum absolute atomic E-state index is 0. The zero-order valence-corrected chi connectivity index (χ0v) is 16.4. The second kappa shape index (κ2) is 10.2. The van der Waals surface area contributed by atoms with Gasteiger partial charge in [-0.05, 0) is 24.0 Å². The molecule has 7 heteroatoms. The van der Waals surface area contributed by atoms with E-state index in [-0.39, 0.29) is 30.7 Å². The summed E-state index contributed by atoms with van der Waals surface area (Å²) in [4.78, 5) is 17.1. The largest absolute Gasteiger partial charge is 0.399 e. The molecule has 1 amide bonds. The highest BCUT2D eigenvalue weighted by atomic mass is 35.5. The zero-order valence-electron chi connectivity index (χ0n) is 14.7. The molecule has 0 aromatic heterocycles. The molecule has 5 nitrogen and oxygen atoms in total. The molecule has 2 unspecified atom stereocenters. The Labute approximate surface area is 162 Å². The number of amides is 1. The summed E-state index contributed by atoms with van der Waals surface area (Å²) in [6, 6.07) is 8.28. The average molecular weight is 390 g/mol. The van der Waals surface area contributed by atoms with E-state index in [9.17, 15) is 4.79 Å². The van der Waals surface area contributed by atoms with E-state index in [1.54, 1.807) is 0 Å². The van der Waals surface area contributed by atoms with Gasteiger partial charge in [-0.25, -0.2) is 0 Å². The molecular weight excluding hydrogens is 361 g/mol. The van der Waals surface area contributed by atoms with Crippen molar-refractivity contribution in [2.45, 2.75) is 25.8 Å². The molecule has 1 aromatic rings. The molecular formula is C18H29Cl2N3O2. The van der Waals surface area contributed by atoms with E-state index in [0.717, 1.165) is 57.1 Å². The van der Waals surface area contributed by atoms with Gasteiger partial charge >= 0.3 is 0 Å². The fourth-order valence-electron chi connectivity index (χ4n) is 3.70. The van der Waals surface area contributed by atoms with Crippen LogP contribution in [0.3, 0.4) is 0 Å². The van der Waals surface area contributed by atoms with Crippen LogP contribution in [0.4, 0.5) is 5.69 Å². The van der Waals surface area contributed by atoms with Crippen LogP contribution in [0.5, 0.6) is 0 Å². The first-order chi connectivity index (χ1) is 11.1. The summed E-state index contributed by atoms with van der Waals surface area (Å²) < 4.78 is 5.43. The number of carbonyl (C=O) groups is 1. The molecule has 1 aromatic carbocycles. The number of halogens is 2. The van der Waals surface area contributed by atoms with E-state index in [0.29, 0.717) is 18.4 Å². The maximum Gasteiger partial charge on any atom is 0.222 e. The van der Waals surface area contributed by atoms with Crippen LogP contribution in [0, 0.1) is 5.92 Å². The summed E-state index contributed by atoms with van der Waals surface area (Å²) in [5, 5.41) is 0. The van der Waals surface area contributed by atoms with E-state index in [4.69, 9.17) is 10.5 Å². The highest BCUT2D eigenvalue weighted by molar-refractivity contribution is 5.85. The Morgan fingerprint density at radius 2 is 1.88 bits per heavy atom. The third kappa shape index (κ3) is 5.48. The molecule has 0 spiro atoms. The number of aryl methyl sites for hydroxylation is 1. The summed E-state index contributed by atoms with van der Waals surface area (Å²) >= 11 is 0. The Balaban J connectivity index is 0.00000156. The number of ether oxygens (including phenoxy) is 1. The molecule has 25 heavy (non-hydrogen) atoms. The first-order valence-electron chi connectivity index (χ1n) is 8.58. The lowest BCUT2D eigenvalue weighted by atomic mass is 10.0. The highest BCUT2D eigenvalue weighted by Gasteiger charge is 2.36. The van der Waals surface area contributed by atoms with Gasteiger partial charge < -0.3 is 15.4 Å². The molecule has 2 fully saturated rings. The summed E-state index contributed by atoms with van der Waals surface area (Å²) in [6.45, 7) is 7.56. The number of nitrogens with two attached hydrogens (primary N) is 1. The van der Waals surface area contributed by atoms with Crippen molar-refractivity contribution in [1.29, 1.82) is 0 Å². The molecule has 0 saturated carbocycles. The summed E-state index contributed by atoms with van der Waals surface area (Å²) in [7, 11) is 0. The second-order valence-electron chi connectivity index (χ2n) is 6.69. The predicted octanol–water partition coefficient (Wildman–Crippen LogP) is 2.22. The molecule has 0 bridgehead atoms. The van der Waals surface area contributed by atoms with Crippen molar-refractivity contribution in [3.63, 3.8) is 0 Å². The van der Waals surface area contributed by atoms with Gasteiger partial charge in [-0.3, -0.25) is 9.69 Å². The number of likely N-dealkylation sites (tertiary alicyclic amines) is 1. The third-order valence-electron chi connectivity index (χ3n) is 5.10. The summed E-state index contributed by atoms with van der Waals surface area (Å²) in [5.41, 5.74) is 7.80. The van der Waals surface area contributed by atoms with E-state index < -0.39 is 0 Å². The first kappa shape index (κ1) is 22.0. The van der Waals surface area contributed by atoms with Crippen molar-refractivity contribution in [3.05, 3.63) is 29.8 Å². The van der Waals surface area contributed by atoms with Crippen molar-refractivity contribution < 1.29 is 9.53 Å². The molecule has 2 aliphatic rings. The average Bonchev–Trinajstić information content (AvgIpc) is 2.96. The smallest absolute Gasteiger partial charge is 0.222 e. The second-order valence-corrected chi connectivity index (χ2v) is 6.69. The lowest BCUT2D eigenvalue weighted by Crippen LogP contribution is -2.47. The molecule has 2 N–H and O–H groups in total. The van der Waals surface area contributed by atoms with Crippen LogP contribution in [0.15, 0.2) is 24.3 Å². The molecule has 2 aliphatic heterocycles. The van der Waals surface area contributed by atoms with E-state index in [1.165, 1.54) is 0 Å². The van der Waals surface area contributed by atoms with Crippen LogP contribution < -0.4 is 5.73 Å². The number of morpholine rings is 1. The monoisotopic (exact) mass is 389 g/mol. The summed E-state index contributed by atoms with van der Waals surface area (Å²) in [5.74, 6) is 0.773. The number of para-hydroxylation sites is 1. The fraction of sp³-hybridized carbons (Fsp3) is 0.611. The summed E-state index contributed by atoms with van der Waals surface area (Å²) in [6.07, 6.45) is 1.26. The van der Waals surface area contributed by atoms with Gasteiger partial charge in [-0.2, -0.15) is 0 Å². The van der Waals surface area contributed by atoms with Gasteiger partial charge in [-0.1, -0.05) is 25.1 Å². The van der Waals surface area contributed by atoms with Crippen LogP contribution in [-0.2, 0) is 16.0 Å². The van der Waals surface area contributed by atoms with E-state index in [1.807, 2.05) is 29.2 Å². The molecule has 0 aliphatic carbocycles. The Bertz CT molecular complexity index is 553. The van der Waals surface area contributed by atoms with E-state index in [2.05, 4.69) is 11.8 Å². The topological polar surface area (TPSA) is 58.8 Å². The number of carbonyl (C=O) groups excluding carboxylic acids is 1. The van der Waals surface area contributed by atoms with Gasteiger partial charge in [0.1, 0.15) is 0 Å². The van der Waals surface area contributed by atoms with Crippen LogP contribution in [0.2, 0.25) is 0 Å². The molecule has 2 heterocycles. The van der Waals surface area contributed by atoms with Gasteiger partial charge in [0.15, 0.2) is 0 Å². The molecule has 2 saturated heterocycles. The van der Waals surface area contributed by atoms with Crippen molar-refractivity contribution >= 4 is 36.4 Å². The Kier molecular flexibility index (Phi) is 9.00. The maximum atomic E-state index is 12.5. The minimum Gasteiger partial charge on any atom is -0.399 e. The minimum atomic E-state index is 0. The zero-order chi connectivity index (χ0) is 16.2. The van der Waals surface area contributed by atoms with Gasteiger partial charge in [0.2, 0.25) is 5.91 Å². The molecule has 2 atom stereocenters. The number of nitrogens with zero attached hydrogens (tertiary/aromatic N) is 2. The van der Waals surface area contributed by atoms with Gasteiger partial charge in [-0.15, -0.1) is 24.8 Å². The first-order valence-corrected chi connectivity index (χ1v) is 8.58. The van der Waals surface area contributed by atoms with Crippen LogP contribution >= 0.6 is 24.8 Å². The van der Waals surface area contributed by atoms with E-state index >= 15 is 0 Å². The number of nitrogen functional groups attached to an aromatic ring is 1. The lowest BCUT2D eigenvalue weighted by Gasteiger charge is -2.34. The SMILES string of the molecule is CC1CN(C(=O)CCc2ccccc2N)CC1N1CCOCC1.Cl.Cl. The molecule has 142 valence electrons. The standard InChI is InChI=1S/C18H27N3O2.2ClH/c1-14-12-21(13-17(14)20-8-10-23-11-9-20)18(22)7-6-15-4-2-3-5-16(15)19;;/h2-5,14,17H,6-13,19H2,1H3;2*1H. The molecule has 0 radical (unpaired) electrons. The van der Waals surface area contributed by atoms with Gasteiger partial charge in [0.25, 0.3) is 0 Å². The maximum absolute atomic E-state index is 12.5. The van der Waals surface area contributed by atoms with Crippen molar-refractivity contribution in [2.75, 3.05) is 45.1 Å². The van der Waals surface area contributed by atoms with Crippen LogP contribution in [0.1, 0.15) is 18.9 Å². The quantitative estimate of drug-likeness (QED) is 0.801. The number of hydrogen-bond donors (Lipinski definition) is 1. The van der Waals surface area contributed by atoms with Crippen molar-refractivity contribution in [1.82, 2.24) is 9.80 Å². The third-order valence-corrected chi connectivity index (χ3v) is 5.10. The van der Waals surface area contributed by atoms with Gasteiger partial charge in [0.05, 0.1) is 13.2 Å². The van der Waals surface area contributed by atoms with Gasteiger partial charge in [0, 0.05) is 44.3 Å². The highest BCUT2D eigenvalue weighted by Crippen LogP contribution is 2.24. The van der Waals surface area contributed by atoms with Crippen LogP contribution in [0.25, 0.3) is 0 Å². The normalized spacial score (nSPS) is 23.6. The number of benzene rings is 1. The predicted molar refractivity (Wildman–Crippen MR) is 106 cm³/mol. The Hall–Kier alpha value is -1.01. The Morgan fingerprint density at radius 3 is 2.56 bits per heavy atom. The Morgan fingerprint density at radius 1 is 1.20 bits per heavy atom.